The number of Topliss-reactive ketones (excluding diaryl/α,β-unsaturated/α-hetero) is 1. The maximum absolute atomic E-state index is 14.5. The summed E-state index contributed by atoms with van der Waals surface area (Å²) in [7, 11) is 0. The van der Waals surface area contributed by atoms with Gasteiger partial charge in [0.05, 0.1) is 24.4 Å². The molecule has 3 heterocycles. The first-order valence-corrected chi connectivity index (χ1v) is 16.3. The van der Waals surface area contributed by atoms with E-state index < -0.39 is 37.3 Å². The molecule has 5 N–H and O–H groups in total. The Morgan fingerprint density at radius 1 is 1.12 bits per heavy atom. The van der Waals surface area contributed by atoms with Crippen molar-refractivity contribution in [3.63, 3.8) is 0 Å². The number of piperidine rings is 1. The number of hydrogen-bond donors (Lipinski definition) is 5. The van der Waals surface area contributed by atoms with Crippen molar-refractivity contribution < 1.29 is 39.4 Å². The molecule has 1 spiro atoms. The molecule has 0 unspecified atom stereocenters. The first-order valence-electron chi connectivity index (χ1n) is 16.3. The van der Waals surface area contributed by atoms with Crippen LogP contribution >= 0.6 is 0 Å². The van der Waals surface area contributed by atoms with Crippen LogP contribution in [0.3, 0.4) is 0 Å². The van der Waals surface area contributed by atoms with Gasteiger partial charge in [-0.1, -0.05) is 32.4 Å². The fraction of sp³-hybridized carbons (Fsp3) is 0.848. The Kier molecular flexibility index (Phi) is 7.34. The van der Waals surface area contributed by atoms with Crippen molar-refractivity contribution in [3.8, 4) is 0 Å². The summed E-state index contributed by atoms with van der Waals surface area (Å²) in [4.78, 5) is 14.5. The lowest BCUT2D eigenvalue weighted by molar-refractivity contribution is -0.312. The number of aliphatic hydroxyl groups excluding tert-OH is 4. The van der Waals surface area contributed by atoms with Gasteiger partial charge in [-0.25, -0.2) is 0 Å². The van der Waals surface area contributed by atoms with Crippen LogP contribution in [0.4, 0.5) is 0 Å². The monoisotopic (exact) mass is 587 g/mol. The number of allylic oxidation sites excluding steroid dienone is 2. The van der Waals surface area contributed by atoms with E-state index in [4.69, 9.17) is 14.2 Å². The van der Waals surface area contributed by atoms with Gasteiger partial charge >= 0.3 is 0 Å². The Morgan fingerprint density at radius 3 is 2.67 bits per heavy atom. The highest BCUT2D eigenvalue weighted by atomic mass is 16.7. The lowest BCUT2D eigenvalue weighted by Crippen LogP contribution is -2.60. The summed E-state index contributed by atoms with van der Waals surface area (Å²) >= 11 is 0. The second kappa shape index (κ2) is 10.4. The second-order valence-electron chi connectivity index (χ2n) is 14.9. The van der Waals surface area contributed by atoms with E-state index in [1.165, 1.54) is 11.1 Å². The maximum atomic E-state index is 14.5. The molecule has 4 aliphatic carbocycles. The van der Waals surface area contributed by atoms with Crippen LogP contribution in [0.15, 0.2) is 22.8 Å². The van der Waals surface area contributed by atoms with Crippen LogP contribution in [0.5, 0.6) is 0 Å². The van der Waals surface area contributed by atoms with E-state index in [9.17, 15) is 25.2 Å². The van der Waals surface area contributed by atoms with Crippen LogP contribution in [0, 0.1) is 35.0 Å². The van der Waals surface area contributed by atoms with E-state index in [2.05, 4.69) is 39.1 Å². The average molecular weight is 588 g/mol. The highest BCUT2D eigenvalue weighted by Crippen LogP contribution is 2.64. The zero-order valence-electron chi connectivity index (χ0n) is 25.4. The first-order chi connectivity index (χ1) is 20.0. The number of ketones is 1. The topological polar surface area (TPSA) is 138 Å². The minimum atomic E-state index is -1.46. The molecular formula is C33H49NO8. The van der Waals surface area contributed by atoms with Gasteiger partial charge in [-0.05, 0) is 87.2 Å². The van der Waals surface area contributed by atoms with E-state index in [1.807, 2.05) is 0 Å². The Bertz CT molecular complexity index is 1170. The quantitative estimate of drug-likeness (QED) is 0.314. The number of rotatable bonds is 3. The Labute approximate surface area is 248 Å². The molecule has 15 atom stereocenters. The minimum Gasteiger partial charge on any atom is -0.394 e. The van der Waals surface area contributed by atoms with E-state index in [1.54, 1.807) is 0 Å². The van der Waals surface area contributed by atoms with Crippen molar-refractivity contribution in [2.45, 2.75) is 127 Å². The maximum Gasteiger partial charge on any atom is 0.186 e. The predicted octanol–water partition coefficient (Wildman–Crippen LogP) is 2.01. The number of aliphatic hydroxyl groups is 4. The van der Waals surface area contributed by atoms with Crippen molar-refractivity contribution in [2.75, 3.05) is 13.2 Å². The van der Waals surface area contributed by atoms with Crippen molar-refractivity contribution in [2.24, 2.45) is 35.0 Å². The summed E-state index contributed by atoms with van der Waals surface area (Å²) < 4.78 is 18.8. The van der Waals surface area contributed by atoms with Crippen molar-refractivity contribution >= 4 is 5.78 Å². The standard InChI is InChI=1S/C33H49NO8/c1-15-11-22-26(34-13-15)17(3)33(42-22)10-8-20-21-6-5-18-12-19(40-31-30(39)29(38)27(36)23(14-35)41-31)7-9-32(18,4)25(21)28(37)24(20)16(33)2/h5,15,17,19-23,25-27,29-31,34-36,38-39H,6-14H2,1-4H3/t15-,17-,19+,20+,21+,22+,23+,25-,26-,27+,29-,30+,31+,32+,33-/m0/s1. The largest absolute Gasteiger partial charge is 0.394 e. The fourth-order valence-electron chi connectivity index (χ4n) is 10.4. The molecule has 234 valence electrons. The Balaban J connectivity index is 1.11. The molecule has 3 saturated heterocycles. The molecule has 0 bridgehead atoms. The second-order valence-corrected chi connectivity index (χ2v) is 14.9. The van der Waals surface area contributed by atoms with Crippen LogP contribution < -0.4 is 5.32 Å². The number of carbonyl (C=O) groups is 1. The van der Waals surface area contributed by atoms with Crippen molar-refractivity contribution in [3.05, 3.63) is 22.8 Å². The third kappa shape index (κ3) is 4.14. The van der Waals surface area contributed by atoms with Crippen LogP contribution in [-0.4, -0.2) is 93.9 Å². The summed E-state index contributed by atoms with van der Waals surface area (Å²) in [6, 6.07) is 0.344. The summed E-state index contributed by atoms with van der Waals surface area (Å²) in [5.74, 6) is 1.81. The van der Waals surface area contributed by atoms with E-state index >= 15 is 0 Å². The fourth-order valence-corrected chi connectivity index (χ4v) is 10.4. The lowest BCUT2D eigenvalue weighted by atomic mass is 9.56. The summed E-state index contributed by atoms with van der Waals surface area (Å²) in [6.07, 6.45) is 1.93. The molecule has 0 aromatic heterocycles. The third-order valence-corrected chi connectivity index (χ3v) is 12.8. The van der Waals surface area contributed by atoms with Gasteiger partial charge in [0.2, 0.25) is 0 Å². The van der Waals surface area contributed by atoms with Gasteiger partial charge in [0, 0.05) is 23.5 Å². The molecule has 5 fully saturated rings. The molecule has 0 aromatic rings. The molecule has 9 nitrogen and oxygen atoms in total. The zero-order valence-corrected chi connectivity index (χ0v) is 25.4. The molecule has 7 aliphatic rings. The van der Waals surface area contributed by atoms with Crippen molar-refractivity contribution in [1.29, 1.82) is 0 Å². The molecular weight excluding hydrogens is 538 g/mol. The van der Waals surface area contributed by atoms with Crippen LogP contribution in [0.1, 0.15) is 72.6 Å². The van der Waals surface area contributed by atoms with E-state index in [0.717, 1.165) is 44.2 Å². The molecule has 0 amide bonds. The molecule has 42 heavy (non-hydrogen) atoms. The summed E-state index contributed by atoms with van der Waals surface area (Å²) in [6.45, 7) is 9.60. The molecule has 7 rings (SSSR count). The first kappa shape index (κ1) is 29.5. The molecule has 2 saturated carbocycles. The van der Waals surface area contributed by atoms with Crippen molar-refractivity contribution in [1.82, 2.24) is 5.32 Å². The Hall–Kier alpha value is -1.17. The number of ether oxygens (including phenoxy) is 3. The number of nitrogens with one attached hydrogen (secondary N) is 1. The average Bonchev–Trinajstić information content (AvgIpc) is 3.42. The van der Waals surface area contributed by atoms with Crippen LogP contribution in [-0.2, 0) is 19.0 Å². The normalized spacial score (nSPS) is 53.9. The van der Waals surface area contributed by atoms with Gasteiger partial charge in [0.25, 0.3) is 0 Å². The van der Waals surface area contributed by atoms with Gasteiger partial charge in [0.15, 0.2) is 12.1 Å². The van der Waals surface area contributed by atoms with Gasteiger partial charge in [-0.15, -0.1) is 0 Å². The highest BCUT2D eigenvalue weighted by molar-refractivity contribution is 6.02. The SMILES string of the molecule is CC1=C2C(=O)[C@@H]3[C@H](CC=C4C[C@H](O[C@@H]5O[C@H](CO)[C@@H](O)[C@H](O)[C@H]5O)CC[C@]43C)[C@H]2CC[C@]12O[C@@H]1C[C@H](C)CN[C@H]1[C@@H]2C. The lowest BCUT2D eigenvalue weighted by Gasteiger charge is -2.49. The number of fused-ring (bicyclic) bond motifs is 6. The number of hydrogen-bond acceptors (Lipinski definition) is 9. The highest BCUT2D eigenvalue weighted by Gasteiger charge is 2.63. The number of carbonyl (C=O) groups excluding carboxylic acids is 1. The van der Waals surface area contributed by atoms with Crippen LogP contribution in [0.25, 0.3) is 0 Å². The summed E-state index contributed by atoms with van der Waals surface area (Å²) in [5.41, 5.74) is 2.89. The smallest absolute Gasteiger partial charge is 0.186 e. The molecule has 9 heteroatoms. The molecule has 3 aliphatic heterocycles. The molecule has 0 aromatic carbocycles. The van der Waals surface area contributed by atoms with Gasteiger partial charge in [-0.2, -0.15) is 0 Å². The Morgan fingerprint density at radius 2 is 1.90 bits per heavy atom. The van der Waals surface area contributed by atoms with Crippen LogP contribution in [0.2, 0.25) is 0 Å². The van der Waals surface area contributed by atoms with E-state index in [0.29, 0.717) is 42.4 Å². The van der Waals surface area contributed by atoms with Gasteiger partial charge < -0.3 is 40.0 Å². The summed E-state index contributed by atoms with van der Waals surface area (Å²) in [5, 5.41) is 44.2. The van der Waals surface area contributed by atoms with E-state index in [-0.39, 0.29) is 35.1 Å². The van der Waals surface area contributed by atoms with Gasteiger partial charge in [0.1, 0.15) is 24.4 Å². The molecule has 0 radical (unpaired) electrons. The third-order valence-electron chi connectivity index (χ3n) is 12.8. The zero-order chi connectivity index (χ0) is 29.7. The predicted molar refractivity (Wildman–Crippen MR) is 153 cm³/mol. The van der Waals surface area contributed by atoms with Gasteiger partial charge in [-0.3, -0.25) is 4.79 Å². The minimum absolute atomic E-state index is 0.0482.